The highest BCUT2D eigenvalue weighted by Gasteiger charge is 2.23. The summed E-state index contributed by atoms with van der Waals surface area (Å²) < 4.78 is 29.5. The molecule has 144 valence electrons. The summed E-state index contributed by atoms with van der Waals surface area (Å²) in [7, 11) is 2.72. The van der Waals surface area contributed by atoms with Crippen LogP contribution in [0.3, 0.4) is 0 Å². The van der Waals surface area contributed by atoms with Crippen LogP contribution in [0.25, 0.3) is 0 Å². The van der Waals surface area contributed by atoms with Gasteiger partial charge in [0.1, 0.15) is 17.1 Å². The number of methoxy groups -OCH3 is 2. The van der Waals surface area contributed by atoms with Crippen LogP contribution in [0, 0.1) is 5.82 Å². The summed E-state index contributed by atoms with van der Waals surface area (Å²) in [6.07, 6.45) is 0. The lowest BCUT2D eigenvalue weighted by Gasteiger charge is -2.17. The van der Waals surface area contributed by atoms with Gasteiger partial charge in [-0.25, -0.2) is 9.18 Å². The Bertz CT molecular complexity index is 822. The van der Waals surface area contributed by atoms with Crippen LogP contribution >= 0.6 is 0 Å². The molecule has 0 radical (unpaired) electrons. The maximum Gasteiger partial charge on any atom is 0.341 e. The molecule has 2 aromatic carbocycles. The van der Waals surface area contributed by atoms with Crippen LogP contribution in [0.4, 0.5) is 4.39 Å². The van der Waals surface area contributed by atoms with E-state index in [2.05, 4.69) is 5.32 Å². The van der Waals surface area contributed by atoms with Crippen molar-refractivity contribution in [3.05, 3.63) is 53.3 Å². The number of carbonyl (C=O) groups excluding carboxylic acids is 1. The second kappa shape index (κ2) is 8.88. The average molecular weight is 377 g/mol. The summed E-state index contributed by atoms with van der Waals surface area (Å²) in [6.45, 7) is 1.29. The number of hydrogen-bond donors (Lipinski definition) is 2. The Labute approximate surface area is 155 Å². The van der Waals surface area contributed by atoms with Gasteiger partial charge in [-0.3, -0.25) is 4.79 Å². The van der Waals surface area contributed by atoms with Crippen LogP contribution in [0.5, 0.6) is 17.2 Å². The molecule has 0 bridgehead atoms. The molecule has 2 N–H and O–H groups in total. The Morgan fingerprint density at radius 2 is 1.78 bits per heavy atom. The van der Waals surface area contributed by atoms with E-state index < -0.39 is 30.3 Å². The predicted octanol–water partition coefficient (Wildman–Crippen LogP) is 2.80. The maximum atomic E-state index is 14.2. The number of hydrogen-bond acceptors (Lipinski definition) is 5. The molecule has 0 fully saturated rings. The Balaban J connectivity index is 2.15. The number of carboxylic acid groups (broad SMARTS) is 1. The highest BCUT2D eigenvalue weighted by molar-refractivity contribution is 5.98. The van der Waals surface area contributed by atoms with E-state index in [4.69, 9.17) is 19.3 Å². The molecule has 2 rings (SSSR count). The number of halogens is 1. The van der Waals surface area contributed by atoms with E-state index in [1.807, 2.05) is 0 Å². The standard InChI is InChI=1S/C19H20FNO6/c1-11(12-4-6-13(7-5-12)27-10-16(22)23)21-19(24)17-14(20)8-9-15(25-2)18(17)26-3/h4-9,11H,10H2,1-3H3,(H,21,24)(H,22,23). The van der Waals surface area contributed by atoms with Crippen LogP contribution in [-0.2, 0) is 4.79 Å². The second-order valence-corrected chi connectivity index (χ2v) is 5.60. The third kappa shape index (κ3) is 4.87. The SMILES string of the molecule is COc1ccc(F)c(C(=O)NC(C)c2ccc(OCC(=O)O)cc2)c1OC. The van der Waals surface area contributed by atoms with Crippen molar-refractivity contribution < 1.29 is 33.3 Å². The Morgan fingerprint density at radius 3 is 2.33 bits per heavy atom. The van der Waals surface area contributed by atoms with Crippen molar-refractivity contribution in [1.82, 2.24) is 5.32 Å². The van der Waals surface area contributed by atoms with Crippen molar-refractivity contribution in [3.8, 4) is 17.2 Å². The smallest absolute Gasteiger partial charge is 0.341 e. The molecule has 0 aromatic heterocycles. The van der Waals surface area contributed by atoms with Gasteiger partial charge in [-0.05, 0) is 36.8 Å². The lowest BCUT2D eigenvalue weighted by molar-refractivity contribution is -0.139. The Hall–Kier alpha value is -3.29. The van der Waals surface area contributed by atoms with Crippen molar-refractivity contribution in [1.29, 1.82) is 0 Å². The molecule has 0 heterocycles. The molecule has 27 heavy (non-hydrogen) atoms. The number of ether oxygens (including phenoxy) is 3. The predicted molar refractivity (Wildman–Crippen MR) is 95.0 cm³/mol. The third-order valence-electron chi connectivity index (χ3n) is 3.81. The van der Waals surface area contributed by atoms with E-state index in [0.717, 1.165) is 11.6 Å². The lowest BCUT2D eigenvalue weighted by Crippen LogP contribution is -2.28. The normalized spacial score (nSPS) is 11.4. The fourth-order valence-corrected chi connectivity index (χ4v) is 2.46. The quantitative estimate of drug-likeness (QED) is 0.735. The Morgan fingerprint density at radius 1 is 1.11 bits per heavy atom. The van der Waals surface area contributed by atoms with Gasteiger partial charge in [-0.2, -0.15) is 0 Å². The fourth-order valence-electron chi connectivity index (χ4n) is 2.46. The summed E-state index contributed by atoms with van der Waals surface area (Å²) in [5, 5.41) is 11.3. The number of carboxylic acids is 1. The minimum absolute atomic E-state index is 0.0135. The van der Waals surface area contributed by atoms with Gasteiger partial charge < -0.3 is 24.6 Å². The van der Waals surface area contributed by atoms with Crippen LogP contribution < -0.4 is 19.5 Å². The first-order valence-corrected chi connectivity index (χ1v) is 8.03. The van der Waals surface area contributed by atoms with Gasteiger partial charge in [-0.1, -0.05) is 12.1 Å². The molecule has 7 nitrogen and oxygen atoms in total. The first kappa shape index (κ1) is 20.0. The molecular weight excluding hydrogens is 357 g/mol. The van der Waals surface area contributed by atoms with Crippen molar-refractivity contribution >= 4 is 11.9 Å². The lowest BCUT2D eigenvalue weighted by atomic mass is 10.1. The first-order chi connectivity index (χ1) is 12.9. The van der Waals surface area contributed by atoms with E-state index in [1.165, 1.54) is 20.3 Å². The monoisotopic (exact) mass is 377 g/mol. The van der Waals surface area contributed by atoms with Gasteiger partial charge in [0, 0.05) is 0 Å². The molecule has 8 heteroatoms. The number of amides is 1. The molecule has 0 saturated heterocycles. The van der Waals surface area contributed by atoms with Crippen LogP contribution in [0.1, 0.15) is 28.9 Å². The zero-order chi connectivity index (χ0) is 20.0. The Kier molecular flexibility index (Phi) is 6.59. The maximum absolute atomic E-state index is 14.2. The number of nitrogens with one attached hydrogen (secondary N) is 1. The van der Waals surface area contributed by atoms with Crippen molar-refractivity contribution in [3.63, 3.8) is 0 Å². The van der Waals surface area contributed by atoms with Crippen LogP contribution in [-0.4, -0.2) is 37.8 Å². The largest absolute Gasteiger partial charge is 0.493 e. The van der Waals surface area contributed by atoms with Crippen molar-refractivity contribution in [2.45, 2.75) is 13.0 Å². The van der Waals surface area contributed by atoms with Gasteiger partial charge in [0.2, 0.25) is 0 Å². The summed E-state index contributed by atoms with van der Waals surface area (Å²) >= 11 is 0. The molecule has 0 saturated carbocycles. The molecule has 1 atom stereocenters. The summed E-state index contributed by atoms with van der Waals surface area (Å²) in [5.41, 5.74) is 0.485. The first-order valence-electron chi connectivity index (χ1n) is 8.03. The molecule has 0 spiro atoms. The fraction of sp³-hybridized carbons (Fsp3) is 0.263. The number of rotatable bonds is 8. The zero-order valence-electron chi connectivity index (χ0n) is 15.1. The molecule has 2 aromatic rings. The van der Waals surface area contributed by atoms with Crippen LogP contribution in [0.2, 0.25) is 0 Å². The highest BCUT2D eigenvalue weighted by Crippen LogP contribution is 2.33. The summed E-state index contributed by atoms with van der Waals surface area (Å²) in [6, 6.07) is 8.62. The zero-order valence-corrected chi connectivity index (χ0v) is 15.1. The number of aliphatic carboxylic acids is 1. The highest BCUT2D eigenvalue weighted by atomic mass is 19.1. The summed E-state index contributed by atoms with van der Waals surface area (Å²) in [5.74, 6) is -1.80. The van der Waals surface area contributed by atoms with Gasteiger partial charge in [0.15, 0.2) is 18.1 Å². The molecular formula is C19H20FNO6. The van der Waals surface area contributed by atoms with Crippen LogP contribution in [0.15, 0.2) is 36.4 Å². The molecule has 0 aliphatic heterocycles. The topological polar surface area (TPSA) is 94.1 Å². The molecule has 0 aliphatic rings. The molecule has 0 aliphatic carbocycles. The molecule has 1 unspecified atom stereocenters. The second-order valence-electron chi connectivity index (χ2n) is 5.60. The van der Waals surface area contributed by atoms with Gasteiger partial charge in [0.25, 0.3) is 5.91 Å². The van der Waals surface area contributed by atoms with Gasteiger partial charge >= 0.3 is 5.97 Å². The van der Waals surface area contributed by atoms with E-state index in [0.29, 0.717) is 5.75 Å². The number of benzene rings is 2. The minimum Gasteiger partial charge on any atom is -0.493 e. The van der Waals surface area contributed by atoms with Gasteiger partial charge in [0.05, 0.1) is 20.3 Å². The van der Waals surface area contributed by atoms with E-state index in [9.17, 15) is 14.0 Å². The van der Waals surface area contributed by atoms with E-state index in [-0.39, 0.29) is 17.1 Å². The minimum atomic E-state index is -1.08. The van der Waals surface area contributed by atoms with Crippen molar-refractivity contribution in [2.24, 2.45) is 0 Å². The molecule has 1 amide bonds. The number of carbonyl (C=O) groups is 2. The summed E-state index contributed by atoms with van der Waals surface area (Å²) in [4.78, 5) is 23.1. The van der Waals surface area contributed by atoms with Gasteiger partial charge in [-0.15, -0.1) is 0 Å². The average Bonchev–Trinajstić information content (AvgIpc) is 2.66. The van der Waals surface area contributed by atoms with E-state index in [1.54, 1.807) is 31.2 Å². The van der Waals surface area contributed by atoms with E-state index >= 15 is 0 Å². The van der Waals surface area contributed by atoms with Crippen molar-refractivity contribution in [2.75, 3.05) is 20.8 Å². The third-order valence-corrected chi connectivity index (χ3v) is 3.81.